The monoisotopic (exact) mass is 1030 g/mol. The molecule has 2 heterocycles. The number of benzene rings is 7. The van der Waals surface area contributed by atoms with E-state index in [1.807, 2.05) is 66.7 Å². The van der Waals surface area contributed by atoms with Gasteiger partial charge >= 0.3 is 0 Å². The molecule has 2 amide bonds. The number of phenolic OH excluding ortho intramolecular Hbond substituents is 2. The normalized spacial score (nSPS) is 11.6. The van der Waals surface area contributed by atoms with E-state index in [0.29, 0.717) is 95.2 Å². The van der Waals surface area contributed by atoms with E-state index in [1.54, 1.807) is 117 Å². The molecule has 0 fully saturated rings. The zero-order chi connectivity index (χ0) is 52.0. The number of hydrogen-bond acceptors (Lipinski definition) is 12. The van der Waals surface area contributed by atoms with E-state index < -0.39 is 18.0 Å². The molecular formula is C58H50Cl2N4O10. The SMILES string of the molecule is COc1ccc(C(NC(=O)COc2ccccc2)c2cc(Cl)c3cccnc3c2O)cc1OC.COc1ccc(C(NC(=O)COc2ccccc2)c2cc(Cl)c3cccnc3c2O)cc1OCc1ccccc1. The highest BCUT2D eigenvalue weighted by Gasteiger charge is 2.27. The number of aromatic hydroxyl groups is 2. The maximum Gasteiger partial charge on any atom is 0.258 e. The minimum absolute atomic E-state index is 0.0796. The van der Waals surface area contributed by atoms with Crippen LogP contribution in [0.2, 0.25) is 10.0 Å². The van der Waals surface area contributed by atoms with Crippen LogP contribution in [-0.2, 0) is 16.2 Å². The fraction of sp³-hybridized carbons (Fsp3) is 0.138. The number of halogens is 2. The Morgan fingerprint density at radius 3 is 1.36 bits per heavy atom. The van der Waals surface area contributed by atoms with Crippen LogP contribution in [0.1, 0.15) is 39.9 Å². The molecule has 74 heavy (non-hydrogen) atoms. The predicted molar refractivity (Wildman–Crippen MR) is 284 cm³/mol. The van der Waals surface area contributed by atoms with Crippen molar-refractivity contribution < 1.29 is 48.2 Å². The Kier molecular flexibility index (Phi) is 17.2. The molecule has 16 heteroatoms. The number of carbonyl (C=O) groups is 2. The van der Waals surface area contributed by atoms with E-state index in [9.17, 15) is 19.8 Å². The van der Waals surface area contributed by atoms with Gasteiger partial charge in [-0.3, -0.25) is 19.6 Å². The van der Waals surface area contributed by atoms with Gasteiger partial charge in [0.1, 0.15) is 40.6 Å². The third-order valence-corrected chi connectivity index (χ3v) is 12.3. The number of amides is 2. The number of phenols is 2. The summed E-state index contributed by atoms with van der Waals surface area (Å²) in [6, 6.07) is 47.1. The lowest BCUT2D eigenvalue weighted by Crippen LogP contribution is -2.33. The number of aromatic nitrogens is 2. The first-order valence-electron chi connectivity index (χ1n) is 23.1. The summed E-state index contributed by atoms with van der Waals surface area (Å²) < 4.78 is 33.7. The second kappa shape index (κ2) is 24.6. The highest BCUT2D eigenvalue weighted by molar-refractivity contribution is 6.36. The number of nitrogens with zero attached hydrogens (tertiary/aromatic N) is 2. The van der Waals surface area contributed by atoms with Crippen LogP contribution in [0.5, 0.6) is 46.0 Å². The minimum Gasteiger partial charge on any atom is -0.505 e. The molecule has 7 aromatic carbocycles. The van der Waals surface area contributed by atoms with E-state index in [2.05, 4.69) is 20.6 Å². The fourth-order valence-corrected chi connectivity index (χ4v) is 8.56. The van der Waals surface area contributed by atoms with Crippen molar-refractivity contribution in [2.75, 3.05) is 34.5 Å². The summed E-state index contributed by atoms with van der Waals surface area (Å²) in [5.41, 5.74) is 3.71. The van der Waals surface area contributed by atoms with Crippen LogP contribution in [0.15, 0.2) is 176 Å². The van der Waals surface area contributed by atoms with Crippen molar-refractivity contribution in [3.8, 4) is 46.0 Å². The Hall–Kier alpha value is -8.72. The third kappa shape index (κ3) is 12.5. The highest BCUT2D eigenvalue weighted by Crippen LogP contribution is 2.42. The lowest BCUT2D eigenvalue weighted by atomic mass is 9.95. The quantitative estimate of drug-likeness (QED) is 0.0640. The Balaban J connectivity index is 0.000000200. The van der Waals surface area contributed by atoms with Crippen LogP contribution in [0.25, 0.3) is 21.8 Å². The van der Waals surface area contributed by atoms with E-state index >= 15 is 0 Å². The molecule has 0 aliphatic carbocycles. The second-order valence-electron chi connectivity index (χ2n) is 16.4. The molecule has 2 unspecified atom stereocenters. The summed E-state index contributed by atoms with van der Waals surface area (Å²) in [4.78, 5) is 34.6. The highest BCUT2D eigenvalue weighted by atomic mass is 35.5. The lowest BCUT2D eigenvalue weighted by Gasteiger charge is -2.23. The lowest BCUT2D eigenvalue weighted by molar-refractivity contribution is -0.124. The van der Waals surface area contributed by atoms with Gasteiger partial charge in [0.15, 0.2) is 36.2 Å². The van der Waals surface area contributed by atoms with Gasteiger partial charge < -0.3 is 49.3 Å². The molecule has 9 rings (SSSR count). The van der Waals surface area contributed by atoms with Crippen LogP contribution in [0.3, 0.4) is 0 Å². The van der Waals surface area contributed by atoms with Crippen molar-refractivity contribution in [3.05, 3.63) is 214 Å². The topological polar surface area (TPSA) is 180 Å². The average molecular weight is 1030 g/mol. The van der Waals surface area contributed by atoms with Gasteiger partial charge in [-0.05, 0) is 102 Å². The number of hydrogen-bond donors (Lipinski definition) is 4. The van der Waals surface area contributed by atoms with Crippen molar-refractivity contribution in [3.63, 3.8) is 0 Å². The number of rotatable bonds is 18. The summed E-state index contributed by atoms with van der Waals surface area (Å²) in [6.45, 7) is -0.123. The van der Waals surface area contributed by atoms with Crippen LogP contribution in [-0.4, -0.2) is 66.5 Å². The van der Waals surface area contributed by atoms with E-state index in [-0.39, 0.29) is 30.6 Å². The first-order chi connectivity index (χ1) is 36.0. The molecule has 0 saturated carbocycles. The van der Waals surface area contributed by atoms with Crippen molar-refractivity contribution in [1.29, 1.82) is 0 Å². The molecule has 2 atom stereocenters. The number of fused-ring (bicyclic) bond motifs is 2. The van der Waals surface area contributed by atoms with Gasteiger partial charge in [-0.25, -0.2) is 0 Å². The first-order valence-corrected chi connectivity index (χ1v) is 23.8. The zero-order valence-electron chi connectivity index (χ0n) is 40.3. The summed E-state index contributed by atoms with van der Waals surface area (Å²) in [6.07, 6.45) is 3.15. The number of para-hydroxylation sites is 2. The van der Waals surface area contributed by atoms with Gasteiger partial charge in [0.25, 0.3) is 11.8 Å². The minimum atomic E-state index is -0.805. The van der Waals surface area contributed by atoms with E-state index in [4.69, 9.17) is 51.6 Å². The molecule has 2 aromatic heterocycles. The number of pyridine rings is 2. The first kappa shape index (κ1) is 51.6. The van der Waals surface area contributed by atoms with Crippen molar-refractivity contribution in [2.24, 2.45) is 0 Å². The molecule has 14 nitrogen and oxygen atoms in total. The average Bonchev–Trinajstić information content (AvgIpc) is 3.45. The van der Waals surface area contributed by atoms with Crippen molar-refractivity contribution in [2.45, 2.75) is 18.7 Å². The van der Waals surface area contributed by atoms with Crippen LogP contribution in [0, 0.1) is 0 Å². The maximum atomic E-state index is 13.1. The van der Waals surface area contributed by atoms with Gasteiger partial charge in [0, 0.05) is 34.3 Å². The molecule has 0 spiro atoms. The Morgan fingerprint density at radius 1 is 0.500 bits per heavy atom. The molecule has 0 saturated heterocycles. The van der Waals surface area contributed by atoms with Crippen LogP contribution < -0.4 is 39.1 Å². The van der Waals surface area contributed by atoms with E-state index in [0.717, 1.165) is 5.56 Å². The number of methoxy groups -OCH3 is 3. The number of nitrogens with one attached hydrogen (secondary N) is 2. The maximum absolute atomic E-state index is 13.1. The Bertz CT molecular complexity index is 3370. The summed E-state index contributed by atoms with van der Waals surface area (Å²) >= 11 is 13.1. The van der Waals surface area contributed by atoms with Gasteiger partial charge in [0.05, 0.1) is 43.5 Å². The predicted octanol–water partition coefficient (Wildman–Crippen LogP) is 11.4. The summed E-state index contributed by atoms with van der Waals surface area (Å²) in [5, 5.41) is 30.3. The third-order valence-electron chi connectivity index (χ3n) is 11.6. The van der Waals surface area contributed by atoms with Gasteiger partial charge in [-0.15, -0.1) is 0 Å². The molecule has 0 aliphatic rings. The van der Waals surface area contributed by atoms with Crippen molar-refractivity contribution in [1.82, 2.24) is 20.6 Å². The molecule has 4 N–H and O–H groups in total. The van der Waals surface area contributed by atoms with Crippen molar-refractivity contribution >= 4 is 56.8 Å². The largest absolute Gasteiger partial charge is 0.505 e. The fourth-order valence-electron chi connectivity index (χ4n) is 8.02. The zero-order valence-corrected chi connectivity index (χ0v) is 41.8. The second-order valence-corrected chi connectivity index (χ2v) is 17.2. The Labute approximate surface area is 437 Å². The Morgan fingerprint density at radius 2 is 0.919 bits per heavy atom. The number of ether oxygens (including phenoxy) is 6. The molecule has 0 aliphatic heterocycles. The summed E-state index contributed by atoms with van der Waals surface area (Å²) in [7, 11) is 4.63. The van der Waals surface area contributed by atoms with Crippen LogP contribution >= 0.6 is 23.2 Å². The number of carbonyl (C=O) groups excluding carboxylic acids is 2. The van der Waals surface area contributed by atoms with Gasteiger partial charge in [0.2, 0.25) is 0 Å². The molecule has 9 aromatic rings. The molecule has 0 bridgehead atoms. The van der Waals surface area contributed by atoms with Gasteiger partial charge in [-0.1, -0.05) is 102 Å². The molecule has 0 radical (unpaired) electrons. The van der Waals surface area contributed by atoms with Gasteiger partial charge in [-0.2, -0.15) is 0 Å². The molecule has 376 valence electrons. The van der Waals surface area contributed by atoms with Crippen LogP contribution in [0.4, 0.5) is 0 Å². The molecular weight excluding hydrogens is 984 g/mol. The van der Waals surface area contributed by atoms with E-state index in [1.165, 1.54) is 14.2 Å². The smallest absolute Gasteiger partial charge is 0.258 e. The standard InChI is InChI=1S/C32H27ClN2O5.C26H23ClN2O5/c1-38-27-15-14-22(17-28(27)40-19-21-9-4-2-5-10-21)30(35-29(36)20-39-23-11-6-3-7-12-23)25-18-26(33)24-13-8-16-34-31(24)32(25)37;1-32-21-11-10-16(13-22(21)33-2)24(29-23(30)15-34-17-7-4-3-5-8-17)19-14-20(27)18-9-6-12-28-25(18)26(19)31/h2-18,30,37H,19-20H2,1H3,(H,35,36);3-14,24,31H,15H2,1-2H3,(H,29,30). The summed E-state index contributed by atoms with van der Waals surface area (Å²) in [5.74, 6) is 2.20.